The van der Waals surface area contributed by atoms with Gasteiger partial charge >= 0.3 is 0 Å². The van der Waals surface area contributed by atoms with Crippen LogP contribution in [0.5, 0.6) is 5.88 Å². The van der Waals surface area contributed by atoms with Crippen molar-refractivity contribution in [2.24, 2.45) is 5.73 Å². The Labute approximate surface area is 94.0 Å². The van der Waals surface area contributed by atoms with Gasteiger partial charge in [-0.15, -0.1) is 0 Å². The summed E-state index contributed by atoms with van der Waals surface area (Å²) in [6.07, 6.45) is 4.06. The van der Waals surface area contributed by atoms with Gasteiger partial charge in [0, 0.05) is 6.04 Å². The van der Waals surface area contributed by atoms with E-state index in [1.54, 1.807) is 6.92 Å². The zero-order chi connectivity index (χ0) is 11.5. The molecule has 1 aromatic heterocycles. The van der Waals surface area contributed by atoms with Crippen molar-refractivity contribution < 1.29 is 4.74 Å². The molecule has 88 valence electrons. The number of aromatic nitrogens is 2. The number of aromatic amines is 1. The summed E-state index contributed by atoms with van der Waals surface area (Å²) in [5.74, 6) is 0.975. The maximum atomic E-state index is 11.2. The molecule has 0 aromatic carbocycles. The zero-order valence-electron chi connectivity index (χ0n) is 9.40. The first-order valence-electron chi connectivity index (χ1n) is 5.63. The van der Waals surface area contributed by atoms with Crippen LogP contribution >= 0.6 is 0 Å². The number of nitrogens with zero attached hydrogens (tertiary/aromatic N) is 1. The Balaban J connectivity index is 2.05. The van der Waals surface area contributed by atoms with Crippen molar-refractivity contribution >= 4 is 0 Å². The normalized spacial score (nSPS) is 25.4. The van der Waals surface area contributed by atoms with Gasteiger partial charge in [0.15, 0.2) is 0 Å². The lowest BCUT2D eigenvalue weighted by atomic mass is 9.94. The summed E-state index contributed by atoms with van der Waals surface area (Å²) >= 11 is 0. The molecule has 0 saturated heterocycles. The van der Waals surface area contributed by atoms with E-state index in [0.29, 0.717) is 11.7 Å². The highest BCUT2D eigenvalue weighted by Crippen LogP contribution is 2.21. The minimum atomic E-state index is -0.178. The number of nitrogens with two attached hydrogens (primary N) is 1. The fourth-order valence-corrected chi connectivity index (χ4v) is 2.07. The summed E-state index contributed by atoms with van der Waals surface area (Å²) in [6, 6.07) is 1.59. The van der Waals surface area contributed by atoms with Crippen LogP contribution in [0, 0.1) is 6.92 Å². The molecule has 2 rings (SSSR count). The van der Waals surface area contributed by atoms with Crippen LogP contribution in [0.4, 0.5) is 0 Å². The molecule has 1 saturated carbocycles. The van der Waals surface area contributed by atoms with Gasteiger partial charge in [0.25, 0.3) is 5.56 Å². The summed E-state index contributed by atoms with van der Waals surface area (Å²) in [5, 5.41) is 0. The molecule has 0 amide bonds. The molecule has 1 fully saturated rings. The summed E-state index contributed by atoms with van der Waals surface area (Å²) in [4.78, 5) is 17.9. The highest BCUT2D eigenvalue weighted by Gasteiger charge is 2.21. The van der Waals surface area contributed by atoms with Crippen molar-refractivity contribution in [3.63, 3.8) is 0 Å². The van der Waals surface area contributed by atoms with Crippen molar-refractivity contribution in [3.05, 3.63) is 22.2 Å². The average molecular weight is 223 g/mol. The fraction of sp³-hybridized carbons (Fsp3) is 0.636. The molecule has 5 heteroatoms. The third-order valence-corrected chi connectivity index (χ3v) is 2.79. The Bertz CT molecular complexity index is 416. The third kappa shape index (κ3) is 2.82. The second kappa shape index (κ2) is 4.65. The Morgan fingerprint density at radius 2 is 2.38 bits per heavy atom. The Morgan fingerprint density at radius 3 is 3.06 bits per heavy atom. The predicted molar refractivity (Wildman–Crippen MR) is 60.5 cm³/mol. The van der Waals surface area contributed by atoms with Crippen LogP contribution in [0.15, 0.2) is 10.9 Å². The van der Waals surface area contributed by atoms with Crippen molar-refractivity contribution in [2.75, 3.05) is 0 Å². The number of aryl methyl sites for hydroxylation is 1. The van der Waals surface area contributed by atoms with E-state index >= 15 is 0 Å². The SMILES string of the molecule is Cc1nc(OC2CCCC(N)C2)cc(=O)[nH]1. The number of hydrogen-bond acceptors (Lipinski definition) is 4. The Morgan fingerprint density at radius 1 is 1.56 bits per heavy atom. The summed E-state index contributed by atoms with van der Waals surface area (Å²) < 4.78 is 5.68. The van der Waals surface area contributed by atoms with Gasteiger partial charge < -0.3 is 15.5 Å². The highest BCUT2D eigenvalue weighted by atomic mass is 16.5. The topological polar surface area (TPSA) is 81.0 Å². The molecule has 16 heavy (non-hydrogen) atoms. The first-order valence-corrected chi connectivity index (χ1v) is 5.63. The minimum absolute atomic E-state index is 0.0949. The van der Waals surface area contributed by atoms with Crippen molar-refractivity contribution in [3.8, 4) is 5.88 Å². The molecule has 0 bridgehead atoms. The molecule has 1 heterocycles. The Hall–Kier alpha value is -1.36. The lowest BCUT2D eigenvalue weighted by Crippen LogP contribution is -2.34. The van der Waals surface area contributed by atoms with E-state index in [4.69, 9.17) is 10.5 Å². The second-order valence-electron chi connectivity index (χ2n) is 4.34. The van der Waals surface area contributed by atoms with E-state index in [1.807, 2.05) is 0 Å². The second-order valence-corrected chi connectivity index (χ2v) is 4.34. The van der Waals surface area contributed by atoms with Gasteiger partial charge in [-0.25, -0.2) is 4.98 Å². The summed E-state index contributed by atoms with van der Waals surface area (Å²) in [7, 11) is 0. The standard InChI is InChI=1S/C11H17N3O2/c1-7-13-10(15)6-11(14-7)16-9-4-2-3-8(12)5-9/h6,8-9H,2-5,12H2,1H3,(H,13,14,15). The molecule has 0 aliphatic heterocycles. The van der Waals surface area contributed by atoms with E-state index < -0.39 is 0 Å². The number of H-pyrrole nitrogens is 1. The number of hydrogen-bond donors (Lipinski definition) is 2. The van der Waals surface area contributed by atoms with E-state index in [2.05, 4.69) is 9.97 Å². The molecule has 1 aromatic rings. The third-order valence-electron chi connectivity index (χ3n) is 2.79. The number of ether oxygens (including phenoxy) is 1. The molecule has 1 aliphatic rings. The summed E-state index contributed by atoms with van der Waals surface area (Å²) in [5.41, 5.74) is 5.69. The maximum absolute atomic E-state index is 11.2. The maximum Gasteiger partial charge on any atom is 0.254 e. The molecule has 0 radical (unpaired) electrons. The average Bonchev–Trinajstić information content (AvgIpc) is 2.15. The van der Waals surface area contributed by atoms with Gasteiger partial charge in [-0.2, -0.15) is 0 Å². The molecule has 0 spiro atoms. The van der Waals surface area contributed by atoms with Gasteiger partial charge in [-0.05, 0) is 32.6 Å². The predicted octanol–water partition coefficient (Wildman–Crippen LogP) is 0.727. The summed E-state index contributed by atoms with van der Waals surface area (Å²) in [6.45, 7) is 1.74. The molecular weight excluding hydrogens is 206 g/mol. The first-order chi connectivity index (χ1) is 7.63. The van der Waals surface area contributed by atoms with Crippen LogP contribution in [0.2, 0.25) is 0 Å². The van der Waals surface area contributed by atoms with Crippen molar-refractivity contribution in [1.82, 2.24) is 9.97 Å². The minimum Gasteiger partial charge on any atom is -0.474 e. The van der Waals surface area contributed by atoms with Gasteiger partial charge in [-0.1, -0.05) is 0 Å². The van der Waals surface area contributed by atoms with Gasteiger partial charge in [-0.3, -0.25) is 4.79 Å². The van der Waals surface area contributed by atoms with Crippen LogP contribution < -0.4 is 16.0 Å². The van der Waals surface area contributed by atoms with Gasteiger partial charge in [0.05, 0.1) is 6.07 Å². The fourth-order valence-electron chi connectivity index (χ4n) is 2.07. The van der Waals surface area contributed by atoms with Gasteiger partial charge in [0.2, 0.25) is 5.88 Å². The largest absolute Gasteiger partial charge is 0.474 e. The van der Waals surface area contributed by atoms with Crippen LogP contribution in [0.3, 0.4) is 0 Å². The van der Waals surface area contributed by atoms with Crippen LogP contribution in [0.25, 0.3) is 0 Å². The van der Waals surface area contributed by atoms with Crippen molar-refractivity contribution in [2.45, 2.75) is 44.8 Å². The van der Waals surface area contributed by atoms with Gasteiger partial charge in [0.1, 0.15) is 11.9 Å². The lowest BCUT2D eigenvalue weighted by molar-refractivity contribution is 0.138. The molecule has 3 N–H and O–H groups in total. The van der Waals surface area contributed by atoms with E-state index in [1.165, 1.54) is 6.07 Å². The lowest BCUT2D eigenvalue weighted by Gasteiger charge is -2.26. The quantitative estimate of drug-likeness (QED) is 0.774. The monoisotopic (exact) mass is 223 g/mol. The number of nitrogens with one attached hydrogen (secondary N) is 1. The molecule has 1 aliphatic carbocycles. The van der Waals surface area contributed by atoms with Crippen molar-refractivity contribution in [1.29, 1.82) is 0 Å². The van der Waals surface area contributed by atoms with E-state index in [9.17, 15) is 4.79 Å². The molecule has 2 unspecified atom stereocenters. The number of rotatable bonds is 2. The molecule has 5 nitrogen and oxygen atoms in total. The molecule has 2 atom stereocenters. The van der Waals surface area contributed by atoms with Crippen LogP contribution in [0.1, 0.15) is 31.5 Å². The molecular formula is C11H17N3O2. The highest BCUT2D eigenvalue weighted by molar-refractivity contribution is 5.08. The van der Waals surface area contributed by atoms with E-state index in [-0.39, 0.29) is 17.7 Å². The zero-order valence-corrected chi connectivity index (χ0v) is 9.40. The van der Waals surface area contributed by atoms with Crippen LogP contribution in [-0.4, -0.2) is 22.1 Å². The smallest absolute Gasteiger partial charge is 0.254 e. The Kier molecular flexibility index (Phi) is 3.24. The first kappa shape index (κ1) is 11.1. The van der Waals surface area contributed by atoms with Crippen LogP contribution in [-0.2, 0) is 0 Å². The van der Waals surface area contributed by atoms with E-state index in [0.717, 1.165) is 25.7 Å².